The van der Waals surface area contributed by atoms with E-state index in [0.29, 0.717) is 5.69 Å². The molecule has 28 heavy (non-hydrogen) atoms. The molecule has 5 rings (SSSR count). The largest absolute Gasteiger partial charge is 0.497 e. The van der Waals surface area contributed by atoms with Crippen LogP contribution in [-0.4, -0.2) is 52.1 Å². The third kappa shape index (κ3) is 2.61. The highest BCUT2D eigenvalue weighted by Gasteiger charge is 2.42. The number of nitrogens with zero attached hydrogens (tertiary/aromatic N) is 3. The maximum Gasteiger partial charge on any atom is 0.274 e. The molecule has 146 valence electrons. The number of imidazole rings is 1. The second-order valence-electron chi connectivity index (χ2n) is 7.87. The van der Waals surface area contributed by atoms with Crippen molar-refractivity contribution in [1.82, 2.24) is 24.8 Å². The summed E-state index contributed by atoms with van der Waals surface area (Å²) in [6.07, 6.45) is 6.24. The minimum atomic E-state index is -0.0965. The number of carbonyl (C=O) groups excluding carboxylic acids is 1. The molecular formula is C21H25N5O2. The monoisotopic (exact) mass is 379 g/mol. The summed E-state index contributed by atoms with van der Waals surface area (Å²) in [4.78, 5) is 22.6. The molecule has 4 heterocycles. The van der Waals surface area contributed by atoms with Crippen LogP contribution in [0, 0.1) is 0 Å². The van der Waals surface area contributed by atoms with Gasteiger partial charge in [-0.2, -0.15) is 0 Å². The van der Waals surface area contributed by atoms with Crippen LogP contribution in [0.25, 0.3) is 10.9 Å². The van der Waals surface area contributed by atoms with Crippen molar-refractivity contribution in [3.05, 3.63) is 47.7 Å². The number of fused-ring (bicyclic) bond motifs is 4. The first-order valence-corrected chi connectivity index (χ1v) is 9.81. The fourth-order valence-electron chi connectivity index (χ4n) is 4.74. The maximum atomic E-state index is 12.7. The number of aromatic amines is 1. The molecule has 1 amide bonds. The van der Waals surface area contributed by atoms with E-state index in [1.807, 2.05) is 22.6 Å². The lowest BCUT2D eigenvalue weighted by atomic mass is 9.79. The van der Waals surface area contributed by atoms with Gasteiger partial charge in [0.25, 0.3) is 5.91 Å². The molecule has 2 aliphatic rings. The predicted molar refractivity (Wildman–Crippen MR) is 107 cm³/mol. The molecule has 1 fully saturated rings. The van der Waals surface area contributed by atoms with Crippen molar-refractivity contribution in [3.8, 4) is 5.75 Å². The van der Waals surface area contributed by atoms with E-state index in [9.17, 15) is 4.79 Å². The second kappa shape index (κ2) is 6.38. The van der Waals surface area contributed by atoms with Crippen molar-refractivity contribution in [2.45, 2.75) is 24.8 Å². The van der Waals surface area contributed by atoms with Gasteiger partial charge < -0.3 is 24.5 Å². The molecular weight excluding hydrogens is 354 g/mol. The number of hydrogen-bond donors (Lipinski definition) is 2. The van der Waals surface area contributed by atoms with Crippen molar-refractivity contribution < 1.29 is 9.53 Å². The van der Waals surface area contributed by atoms with Crippen LogP contribution in [-0.2, 0) is 19.0 Å². The lowest BCUT2D eigenvalue weighted by Gasteiger charge is -2.44. The summed E-state index contributed by atoms with van der Waals surface area (Å²) >= 11 is 0. The standard InChI is InChI=1S/C21H25N5O2/c1-25-12-18(22-13-25)20(27)26-9-6-21(7-10-26)19-15(5-8-23-21)16-11-14(28-2)3-4-17(16)24-19/h3-4,11-13,23-24H,5-10H2,1-2H3. The average Bonchev–Trinajstić information content (AvgIpc) is 3.32. The Labute approximate surface area is 163 Å². The third-order valence-corrected chi connectivity index (χ3v) is 6.26. The van der Waals surface area contributed by atoms with Crippen LogP contribution in [0.15, 0.2) is 30.7 Å². The fraction of sp³-hybridized carbons (Fsp3) is 0.429. The Hall–Kier alpha value is -2.80. The zero-order valence-corrected chi connectivity index (χ0v) is 16.3. The quantitative estimate of drug-likeness (QED) is 0.716. The summed E-state index contributed by atoms with van der Waals surface area (Å²) < 4.78 is 7.23. The first kappa shape index (κ1) is 17.3. The summed E-state index contributed by atoms with van der Waals surface area (Å²) in [6, 6.07) is 6.22. The summed E-state index contributed by atoms with van der Waals surface area (Å²) in [7, 11) is 3.59. The number of piperidine rings is 1. The molecule has 2 N–H and O–H groups in total. The summed E-state index contributed by atoms with van der Waals surface area (Å²) in [6.45, 7) is 2.40. The van der Waals surface area contributed by atoms with E-state index in [0.717, 1.165) is 50.2 Å². The molecule has 0 atom stereocenters. The Bertz CT molecular complexity index is 1040. The van der Waals surface area contributed by atoms with Crippen LogP contribution < -0.4 is 10.1 Å². The van der Waals surface area contributed by atoms with E-state index in [4.69, 9.17) is 4.74 Å². The van der Waals surface area contributed by atoms with Gasteiger partial charge in [0.05, 0.1) is 19.0 Å². The molecule has 0 radical (unpaired) electrons. The molecule has 1 spiro atoms. The molecule has 0 aliphatic carbocycles. The molecule has 0 bridgehead atoms. The van der Waals surface area contributed by atoms with Crippen molar-refractivity contribution in [3.63, 3.8) is 0 Å². The molecule has 1 saturated heterocycles. The molecule has 7 heteroatoms. The number of carbonyl (C=O) groups is 1. The highest BCUT2D eigenvalue weighted by molar-refractivity contribution is 5.92. The fourth-order valence-corrected chi connectivity index (χ4v) is 4.74. The molecule has 1 aromatic carbocycles. The number of amides is 1. The SMILES string of the molecule is COc1ccc2[nH]c3c(c2c1)CCNC31CCN(C(=O)c2cn(C)cn2)CC1. The summed E-state index contributed by atoms with van der Waals surface area (Å²) in [5.74, 6) is 0.908. The van der Waals surface area contributed by atoms with Gasteiger partial charge in [0.2, 0.25) is 0 Å². The van der Waals surface area contributed by atoms with Gasteiger partial charge in [0.1, 0.15) is 11.4 Å². The zero-order chi connectivity index (χ0) is 19.3. The molecule has 2 aliphatic heterocycles. The first-order chi connectivity index (χ1) is 13.6. The van der Waals surface area contributed by atoms with E-state index in [1.165, 1.54) is 16.6 Å². The van der Waals surface area contributed by atoms with Gasteiger partial charge in [-0.15, -0.1) is 0 Å². The Balaban J connectivity index is 1.43. The van der Waals surface area contributed by atoms with E-state index in [-0.39, 0.29) is 11.4 Å². The lowest BCUT2D eigenvalue weighted by Crippen LogP contribution is -2.55. The van der Waals surface area contributed by atoms with Crippen LogP contribution in [0.4, 0.5) is 0 Å². The van der Waals surface area contributed by atoms with Gasteiger partial charge in [-0.05, 0) is 43.0 Å². The summed E-state index contributed by atoms with van der Waals surface area (Å²) in [5, 5.41) is 5.02. The van der Waals surface area contributed by atoms with Gasteiger partial charge in [0.15, 0.2) is 0 Å². The topological polar surface area (TPSA) is 75.2 Å². The number of hydrogen-bond acceptors (Lipinski definition) is 4. The van der Waals surface area contributed by atoms with Crippen molar-refractivity contribution >= 4 is 16.8 Å². The third-order valence-electron chi connectivity index (χ3n) is 6.26. The van der Waals surface area contributed by atoms with Crippen molar-refractivity contribution in [1.29, 1.82) is 0 Å². The van der Waals surface area contributed by atoms with Crippen molar-refractivity contribution in [2.75, 3.05) is 26.7 Å². The number of ether oxygens (including phenoxy) is 1. The molecule has 0 saturated carbocycles. The molecule has 3 aromatic rings. The van der Waals surface area contributed by atoms with Crippen LogP contribution >= 0.6 is 0 Å². The number of aryl methyl sites for hydroxylation is 1. The Morgan fingerprint density at radius 1 is 1.29 bits per heavy atom. The number of nitrogens with one attached hydrogen (secondary N) is 2. The normalized spacial score (nSPS) is 18.4. The van der Waals surface area contributed by atoms with E-state index in [1.54, 1.807) is 19.6 Å². The summed E-state index contributed by atoms with van der Waals surface area (Å²) in [5.41, 5.74) is 4.25. The van der Waals surface area contributed by atoms with Crippen LogP contribution in [0.1, 0.15) is 34.6 Å². The minimum absolute atomic E-state index is 0.0212. The first-order valence-electron chi connectivity index (χ1n) is 9.81. The predicted octanol–water partition coefficient (Wildman–Crippen LogP) is 2.19. The second-order valence-corrected chi connectivity index (χ2v) is 7.87. The maximum absolute atomic E-state index is 12.7. The van der Waals surface area contributed by atoms with E-state index in [2.05, 4.69) is 27.4 Å². The van der Waals surface area contributed by atoms with Crippen LogP contribution in [0.2, 0.25) is 0 Å². The Kier molecular flexibility index (Phi) is 3.94. The number of aromatic nitrogens is 3. The molecule has 2 aromatic heterocycles. The van der Waals surface area contributed by atoms with Gasteiger partial charge in [0, 0.05) is 49.5 Å². The van der Waals surface area contributed by atoms with Gasteiger partial charge in [-0.25, -0.2) is 4.98 Å². The zero-order valence-electron chi connectivity index (χ0n) is 16.3. The smallest absolute Gasteiger partial charge is 0.274 e. The number of H-pyrrole nitrogens is 1. The molecule has 7 nitrogen and oxygen atoms in total. The number of likely N-dealkylation sites (tertiary alicyclic amines) is 1. The highest BCUT2D eigenvalue weighted by atomic mass is 16.5. The van der Waals surface area contributed by atoms with E-state index < -0.39 is 0 Å². The van der Waals surface area contributed by atoms with E-state index >= 15 is 0 Å². The van der Waals surface area contributed by atoms with Gasteiger partial charge in [-0.1, -0.05) is 0 Å². The van der Waals surface area contributed by atoms with Crippen molar-refractivity contribution in [2.24, 2.45) is 7.05 Å². The highest BCUT2D eigenvalue weighted by Crippen LogP contribution is 2.41. The number of methoxy groups -OCH3 is 1. The average molecular weight is 379 g/mol. The molecule has 0 unspecified atom stereocenters. The van der Waals surface area contributed by atoms with Crippen LogP contribution in [0.5, 0.6) is 5.75 Å². The number of rotatable bonds is 2. The van der Waals surface area contributed by atoms with Gasteiger partial charge >= 0.3 is 0 Å². The van der Waals surface area contributed by atoms with Gasteiger partial charge in [-0.3, -0.25) is 4.79 Å². The Morgan fingerprint density at radius 2 is 2.11 bits per heavy atom. The number of benzene rings is 1. The lowest BCUT2D eigenvalue weighted by molar-refractivity contribution is 0.0621. The Morgan fingerprint density at radius 3 is 2.82 bits per heavy atom. The minimum Gasteiger partial charge on any atom is -0.497 e. The van der Waals surface area contributed by atoms with Crippen LogP contribution in [0.3, 0.4) is 0 Å².